The number of urea groups is 1. The van der Waals surface area contributed by atoms with E-state index in [-0.39, 0.29) is 17.0 Å². The van der Waals surface area contributed by atoms with Crippen LogP contribution in [0.25, 0.3) is 5.78 Å². The van der Waals surface area contributed by atoms with Crippen LogP contribution in [0.2, 0.25) is 0 Å². The van der Waals surface area contributed by atoms with Crippen molar-refractivity contribution < 1.29 is 4.79 Å². The summed E-state index contributed by atoms with van der Waals surface area (Å²) in [5.74, 6) is 0.286. The molecule has 0 saturated carbocycles. The van der Waals surface area contributed by atoms with Crippen LogP contribution >= 0.6 is 0 Å². The third-order valence-electron chi connectivity index (χ3n) is 4.09. The van der Waals surface area contributed by atoms with E-state index >= 15 is 0 Å². The van der Waals surface area contributed by atoms with E-state index < -0.39 is 6.03 Å². The molecular weight excluding hydrogens is 320 g/mol. The average Bonchev–Trinajstić information content (AvgIpc) is 3.04. The molecule has 0 radical (unpaired) electrons. The summed E-state index contributed by atoms with van der Waals surface area (Å²) in [6.07, 6.45) is 2.75. The fourth-order valence-electron chi connectivity index (χ4n) is 2.60. The molecule has 0 bridgehead atoms. The maximum atomic E-state index is 12.6. The quantitative estimate of drug-likeness (QED) is 0.679. The highest BCUT2D eigenvalue weighted by molar-refractivity contribution is 6.00. The number of hydrogen-bond acceptors (Lipinski definition) is 4. The molecule has 0 saturated heterocycles. The van der Waals surface area contributed by atoms with Crippen LogP contribution < -0.4 is 16.2 Å². The van der Waals surface area contributed by atoms with Crippen LogP contribution in [0.1, 0.15) is 30.2 Å². The van der Waals surface area contributed by atoms with E-state index in [1.807, 2.05) is 39.0 Å². The second-order valence-electron chi connectivity index (χ2n) is 5.84. The van der Waals surface area contributed by atoms with Gasteiger partial charge in [0.1, 0.15) is 12.0 Å². The molecule has 3 rings (SSSR count). The Bertz CT molecular complexity index is 988. The van der Waals surface area contributed by atoms with Crippen molar-refractivity contribution in [1.29, 1.82) is 0 Å². The summed E-state index contributed by atoms with van der Waals surface area (Å²) in [7, 11) is 0. The van der Waals surface area contributed by atoms with Crippen LogP contribution in [-0.4, -0.2) is 25.6 Å². The van der Waals surface area contributed by atoms with Crippen molar-refractivity contribution in [2.75, 3.05) is 10.6 Å². The van der Waals surface area contributed by atoms with E-state index in [1.165, 1.54) is 10.8 Å². The van der Waals surface area contributed by atoms with Crippen molar-refractivity contribution >= 4 is 23.2 Å². The number of aromatic amines is 1. The van der Waals surface area contributed by atoms with E-state index in [4.69, 9.17) is 0 Å². The van der Waals surface area contributed by atoms with Gasteiger partial charge in [-0.1, -0.05) is 25.5 Å². The van der Waals surface area contributed by atoms with Crippen LogP contribution in [0, 0.1) is 13.8 Å². The number of H-pyrrole nitrogens is 1. The van der Waals surface area contributed by atoms with Crippen molar-refractivity contribution in [3.63, 3.8) is 0 Å². The lowest BCUT2D eigenvalue weighted by atomic mass is 10.1. The fraction of sp³-hybridized carbons (Fsp3) is 0.294. The molecule has 2 amide bonds. The number of carbonyl (C=O) groups is 1. The highest BCUT2D eigenvalue weighted by Gasteiger charge is 2.16. The molecular formula is C17H20N6O2. The molecule has 3 aromatic rings. The number of aromatic nitrogens is 4. The first-order valence-corrected chi connectivity index (χ1v) is 8.10. The number of fused-ring (bicyclic) bond motifs is 1. The summed E-state index contributed by atoms with van der Waals surface area (Å²) in [6, 6.07) is 5.18. The van der Waals surface area contributed by atoms with Crippen molar-refractivity contribution in [2.24, 2.45) is 0 Å². The molecule has 130 valence electrons. The summed E-state index contributed by atoms with van der Waals surface area (Å²) < 4.78 is 1.20. The third-order valence-corrected chi connectivity index (χ3v) is 4.09. The second-order valence-corrected chi connectivity index (χ2v) is 5.84. The van der Waals surface area contributed by atoms with E-state index in [0.29, 0.717) is 17.8 Å². The Morgan fingerprint density at radius 2 is 2.08 bits per heavy atom. The number of amides is 2. The predicted molar refractivity (Wildman–Crippen MR) is 96.2 cm³/mol. The van der Waals surface area contributed by atoms with Crippen molar-refractivity contribution in [3.05, 3.63) is 51.7 Å². The lowest BCUT2D eigenvalue weighted by molar-refractivity contribution is 0.262. The van der Waals surface area contributed by atoms with Gasteiger partial charge in [0.25, 0.3) is 11.3 Å². The van der Waals surface area contributed by atoms with Crippen LogP contribution in [0.3, 0.4) is 0 Å². The maximum Gasteiger partial charge on any atom is 0.323 e. The van der Waals surface area contributed by atoms with Gasteiger partial charge in [-0.2, -0.15) is 4.52 Å². The summed E-state index contributed by atoms with van der Waals surface area (Å²) in [6.45, 7) is 5.88. The summed E-state index contributed by atoms with van der Waals surface area (Å²) in [5, 5.41) is 8.13. The molecule has 0 unspecified atom stereocenters. The van der Waals surface area contributed by atoms with E-state index in [0.717, 1.165) is 17.5 Å². The number of hydrogen-bond donors (Lipinski definition) is 3. The monoisotopic (exact) mass is 340 g/mol. The second kappa shape index (κ2) is 6.76. The lowest BCUT2D eigenvalue weighted by Gasteiger charge is -2.13. The molecule has 0 aliphatic carbocycles. The van der Waals surface area contributed by atoms with Gasteiger partial charge in [-0.25, -0.2) is 14.8 Å². The molecule has 0 spiro atoms. The molecule has 1 aromatic carbocycles. The van der Waals surface area contributed by atoms with Crippen molar-refractivity contribution in [3.8, 4) is 0 Å². The van der Waals surface area contributed by atoms with Gasteiger partial charge in [0.2, 0.25) is 0 Å². The molecule has 0 fully saturated rings. The standard InChI is InChI=1S/C17H20N6O2/c1-4-6-13-14(15(24)23-16(20-13)18-9-19-23)22-17(25)21-12-8-5-7-10(2)11(12)3/h5,7-9H,4,6H2,1-3H3,(H,18,19,20)(H2,21,22,25). The zero-order valence-corrected chi connectivity index (χ0v) is 14.4. The zero-order chi connectivity index (χ0) is 18.0. The van der Waals surface area contributed by atoms with Gasteiger partial charge in [0.15, 0.2) is 0 Å². The average molecular weight is 340 g/mol. The normalized spacial score (nSPS) is 10.8. The summed E-state index contributed by atoms with van der Waals surface area (Å²) in [5.41, 5.74) is 3.05. The Labute approximate surface area is 144 Å². The number of nitrogens with one attached hydrogen (secondary N) is 3. The minimum absolute atomic E-state index is 0.159. The van der Waals surface area contributed by atoms with E-state index in [2.05, 4.69) is 25.7 Å². The van der Waals surface area contributed by atoms with Crippen LogP contribution in [0.15, 0.2) is 29.3 Å². The van der Waals surface area contributed by atoms with E-state index in [9.17, 15) is 9.59 Å². The molecule has 2 aromatic heterocycles. The van der Waals surface area contributed by atoms with Gasteiger partial charge < -0.3 is 10.6 Å². The molecule has 25 heavy (non-hydrogen) atoms. The minimum Gasteiger partial charge on any atom is -0.307 e. The number of carbonyl (C=O) groups excluding carboxylic acids is 1. The van der Waals surface area contributed by atoms with Crippen molar-refractivity contribution in [2.45, 2.75) is 33.6 Å². The molecule has 8 nitrogen and oxygen atoms in total. The smallest absolute Gasteiger partial charge is 0.307 e. The molecule has 2 heterocycles. The third kappa shape index (κ3) is 3.23. The van der Waals surface area contributed by atoms with Gasteiger partial charge in [0.05, 0.1) is 5.69 Å². The minimum atomic E-state index is -0.482. The van der Waals surface area contributed by atoms with Gasteiger partial charge in [-0.15, -0.1) is 0 Å². The molecule has 0 atom stereocenters. The first kappa shape index (κ1) is 16.7. The number of anilines is 2. The highest BCUT2D eigenvalue weighted by Crippen LogP contribution is 2.18. The lowest BCUT2D eigenvalue weighted by Crippen LogP contribution is -2.28. The van der Waals surface area contributed by atoms with Gasteiger partial charge >= 0.3 is 6.03 Å². The fourth-order valence-corrected chi connectivity index (χ4v) is 2.60. The molecule has 8 heteroatoms. The Kier molecular flexibility index (Phi) is 4.51. The molecule has 0 aliphatic rings. The number of benzene rings is 1. The maximum absolute atomic E-state index is 12.6. The molecule has 0 aliphatic heterocycles. The highest BCUT2D eigenvalue weighted by atomic mass is 16.2. The number of nitrogens with zero attached hydrogens (tertiary/aromatic N) is 3. The SMILES string of the molecule is CCCc1nc2nc[nH]n2c(=O)c1NC(=O)Nc1cccc(C)c1C. The Balaban J connectivity index is 1.92. The Morgan fingerprint density at radius 1 is 1.28 bits per heavy atom. The van der Waals surface area contributed by atoms with Gasteiger partial charge in [-0.05, 0) is 37.5 Å². The zero-order valence-electron chi connectivity index (χ0n) is 14.4. The van der Waals surface area contributed by atoms with Crippen LogP contribution in [0.4, 0.5) is 16.2 Å². The van der Waals surface area contributed by atoms with E-state index in [1.54, 1.807) is 0 Å². The first-order chi connectivity index (χ1) is 12.0. The van der Waals surface area contributed by atoms with Gasteiger partial charge in [0, 0.05) is 5.69 Å². The summed E-state index contributed by atoms with van der Waals surface area (Å²) >= 11 is 0. The van der Waals surface area contributed by atoms with Crippen LogP contribution in [-0.2, 0) is 6.42 Å². The Hall–Kier alpha value is -3.16. The predicted octanol–water partition coefficient (Wildman–Crippen LogP) is 2.63. The number of aryl methyl sites for hydroxylation is 2. The molecule has 3 N–H and O–H groups in total. The number of rotatable bonds is 4. The largest absolute Gasteiger partial charge is 0.323 e. The summed E-state index contributed by atoms with van der Waals surface area (Å²) in [4.78, 5) is 33.4. The van der Waals surface area contributed by atoms with Crippen LogP contribution in [0.5, 0.6) is 0 Å². The Morgan fingerprint density at radius 3 is 2.84 bits per heavy atom. The van der Waals surface area contributed by atoms with Crippen molar-refractivity contribution in [1.82, 2.24) is 19.6 Å². The first-order valence-electron chi connectivity index (χ1n) is 8.10. The topological polar surface area (TPSA) is 104 Å². The van der Waals surface area contributed by atoms with Gasteiger partial charge in [-0.3, -0.25) is 9.89 Å².